The zero-order valence-corrected chi connectivity index (χ0v) is 19.7. The van der Waals surface area contributed by atoms with Gasteiger partial charge in [-0.25, -0.2) is 4.98 Å². The summed E-state index contributed by atoms with van der Waals surface area (Å²) in [5.41, 5.74) is 3.04. The molecule has 0 saturated heterocycles. The van der Waals surface area contributed by atoms with Gasteiger partial charge in [-0.3, -0.25) is 0 Å². The largest absolute Gasteiger partial charge is 0.493 e. The highest BCUT2D eigenvalue weighted by Crippen LogP contribution is 2.40. The van der Waals surface area contributed by atoms with Crippen molar-refractivity contribution in [3.8, 4) is 26.1 Å². The van der Waals surface area contributed by atoms with Crippen molar-refractivity contribution in [2.45, 2.75) is 53.4 Å². The van der Waals surface area contributed by atoms with E-state index >= 15 is 0 Å². The number of fused-ring (bicyclic) bond motifs is 1. The molecule has 1 aromatic carbocycles. The number of aryl methyl sites for hydroxylation is 2. The number of nitrogens with zero attached hydrogens (tertiary/aromatic N) is 2. The van der Waals surface area contributed by atoms with E-state index in [-0.39, 0.29) is 0 Å². The Bertz CT molecular complexity index is 1110. The van der Waals surface area contributed by atoms with Gasteiger partial charge in [-0.2, -0.15) is 0 Å². The summed E-state index contributed by atoms with van der Waals surface area (Å²) >= 11 is 3.45. The van der Waals surface area contributed by atoms with E-state index in [0.29, 0.717) is 5.92 Å². The van der Waals surface area contributed by atoms with Gasteiger partial charge in [-0.05, 0) is 56.5 Å². The van der Waals surface area contributed by atoms with Gasteiger partial charge in [0.2, 0.25) is 0 Å². The van der Waals surface area contributed by atoms with Gasteiger partial charge >= 0.3 is 0 Å². The van der Waals surface area contributed by atoms with Crippen LogP contribution in [-0.4, -0.2) is 16.7 Å². The molecule has 0 spiro atoms. The van der Waals surface area contributed by atoms with E-state index in [9.17, 15) is 0 Å². The predicted octanol–water partition coefficient (Wildman–Crippen LogP) is 7.89. The van der Waals surface area contributed by atoms with Crippen molar-refractivity contribution in [2.24, 2.45) is 5.92 Å². The van der Waals surface area contributed by atoms with E-state index in [2.05, 4.69) is 43.3 Å². The predicted molar refractivity (Wildman–Crippen MR) is 127 cm³/mol. The van der Waals surface area contributed by atoms with E-state index in [0.717, 1.165) is 44.6 Å². The first kappa shape index (κ1) is 21.1. The van der Waals surface area contributed by atoms with Crippen molar-refractivity contribution in [3.05, 3.63) is 41.8 Å². The van der Waals surface area contributed by atoms with E-state index in [1.165, 1.54) is 35.4 Å². The molecular formula is C24H28N2O2S2. The number of aromatic nitrogens is 2. The third-order valence-corrected chi connectivity index (χ3v) is 7.78. The van der Waals surface area contributed by atoms with Gasteiger partial charge in [0, 0.05) is 4.88 Å². The number of benzene rings is 1. The summed E-state index contributed by atoms with van der Waals surface area (Å²) in [4.78, 5) is 7.18. The number of thiazole rings is 1. The second kappa shape index (κ2) is 9.31. The average molecular weight is 441 g/mol. The topological polar surface area (TPSA) is 48.2 Å². The van der Waals surface area contributed by atoms with Crippen LogP contribution >= 0.6 is 22.7 Å². The first-order chi connectivity index (χ1) is 14.6. The molecule has 0 fully saturated rings. The molecular weight excluding hydrogens is 412 g/mol. The molecule has 6 heteroatoms. The lowest BCUT2D eigenvalue weighted by Gasteiger charge is -2.15. The lowest BCUT2D eigenvalue weighted by molar-refractivity contribution is 0.233. The molecule has 1 unspecified atom stereocenters. The normalized spacial score (nSPS) is 12.5. The fraction of sp³-hybridized carbons (Fsp3) is 0.417. The van der Waals surface area contributed by atoms with Crippen LogP contribution in [0.15, 0.2) is 34.9 Å². The second-order valence-electron chi connectivity index (χ2n) is 7.74. The summed E-state index contributed by atoms with van der Waals surface area (Å²) in [6.45, 7) is 9.22. The fourth-order valence-electron chi connectivity index (χ4n) is 3.63. The summed E-state index contributed by atoms with van der Waals surface area (Å²) in [5, 5.41) is 5.12. The summed E-state index contributed by atoms with van der Waals surface area (Å²) in [6, 6.07) is 10.5. The Balaban J connectivity index is 1.52. The fourth-order valence-corrected chi connectivity index (χ4v) is 5.83. The zero-order valence-electron chi connectivity index (χ0n) is 18.0. The quantitative estimate of drug-likeness (QED) is 0.265. The lowest BCUT2D eigenvalue weighted by atomic mass is 10.0. The third kappa shape index (κ3) is 4.44. The Morgan fingerprint density at radius 2 is 1.90 bits per heavy atom. The van der Waals surface area contributed by atoms with Gasteiger partial charge < -0.3 is 9.26 Å². The van der Waals surface area contributed by atoms with Gasteiger partial charge in [0.15, 0.2) is 0 Å². The van der Waals surface area contributed by atoms with Crippen LogP contribution < -0.4 is 4.74 Å². The number of hydrogen-bond donors (Lipinski definition) is 0. The summed E-state index contributed by atoms with van der Waals surface area (Å²) in [6.07, 6.45) is 4.92. The molecule has 0 amide bonds. The van der Waals surface area contributed by atoms with E-state index < -0.39 is 0 Å². The Morgan fingerprint density at radius 1 is 1.07 bits per heavy atom. The lowest BCUT2D eigenvalue weighted by Crippen LogP contribution is -2.11. The molecule has 4 nitrogen and oxygen atoms in total. The molecule has 0 N–H and O–H groups in total. The second-order valence-corrected chi connectivity index (χ2v) is 9.85. The Labute approximate surface area is 185 Å². The van der Waals surface area contributed by atoms with Crippen molar-refractivity contribution < 1.29 is 9.26 Å². The number of rotatable bonds is 9. The van der Waals surface area contributed by atoms with E-state index in [1.807, 2.05) is 19.9 Å². The Hall–Kier alpha value is -2.18. The molecule has 0 aliphatic rings. The Morgan fingerprint density at radius 3 is 2.63 bits per heavy atom. The minimum Gasteiger partial charge on any atom is -0.493 e. The third-order valence-electron chi connectivity index (χ3n) is 5.49. The molecule has 0 radical (unpaired) electrons. The van der Waals surface area contributed by atoms with Gasteiger partial charge in [-0.1, -0.05) is 38.3 Å². The summed E-state index contributed by atoms with van der Waals surface area (Å²) in [7, 11) is 0. The van der Waals surface area contributed by atoms with Gasteiger partial charge in [0.25, 0.3) is 0 Å². The standard InChI is InChI=1S/C24H28N2O2S2/c1-5-7-8-17(6-2)14-27-18-9-10-19-22(13-18)30-24(25-19)21-12-11-20(29-21)23-15(3)26-28-16(23)4/h9-13,17H,5-8,14H2,1-4H3. The van der Waals surface area contributed by atoms with Crippen LogP contribution in [0.2, 0.25) is 0 Å². The van der Waals surface area contributed by atoms with Crippen molar-refractivity contribution in [1.82, 2.24) is 10.1 Å². The highest BCUT2D eigenvalue weighted by molar-refractivity contribution is 7.26. The molecule has 1 atom stereocenters. The molecule has 3 aromatic heterocycles. The summed E-state index contributed by atoms with van der Waals surface area (Å²) in [5.74, 6) is 2.43. The van der Waals surface area contributed by atoms with Gasteiger partial charge in [-0.15, -0.1) is 22.7 Å². The minimum atomic E-state index is 0.631. The maximum atomic E-state index is 6.12. The average Bonchev–Trinajstić information content (AvgIpc) is 3.46. The first-order valence-corrected chi connectivity index (χ1v) is 12.3. The van der Waals surface area contributed by atoms with E-state index in [1.54, 1.807) is 22.7 Å². The first-order valence-electron chi connectivity index (χ1n) is 10.7. The van der Waals surface area contributed by atoms with Gasteiger partial charge in [0.1, 0.15) is 16.5 Å². The molecule has 0 aliphatic carbocycles. The summed E-state index contributed by atoms with van der Waals surface area (Å²) < 4.78 is 12.6. The van der Waals surface area contributed by atoms with Crippen molar-refractivity contribution in [2.75, 3.05) is 6.61 Å². The highest BCUT2D eigenvalue weighted by atomic mass is 32.1. The molecule has 4 rings (SSSR count). The van der Waals surface area contributed by atoms with Crippen LogP contribution in [0.5, 0.6) is 5.75 Å². The van der Waals surface area contributed by atoms with Crippen LogP contribution in [0.4, 0.5) is 0 Å². The molecule has 0 saturated carbocycles. The molecule has 4 aromatic rings. The molecule has 158 valence electrons. The SMILES string of the molecule is CCCCC(CC)COc1ccc2nc(-c3ccc(-c4c(C)noc4C)s3)sc2c1. The monoisotopic (exact) mass is 440 g/mol. The number of hydrogen-bond acceptors (Lipinski definition) is 6. The smallest absolute Gasteiger partial charge is 0.142 e. The maximum absolute atomic E-state index is 6.12. The van der Waals surface area contributed by atoms with Crippen molar-refractivity contribution in [1.29, 1.82) is 0 Å². The minimum absolute atomic E-state index is 0.631. The van der Waals surface area contributed by atoms with Crippen LogP contribution in [0, 0.1) is 19.8 Å². The van der Waals surface area contributed by atoms with Gasteiger partial charge in [0.05, 0.1) is 33.0 Å². The maximum Gasteiger partial charge on any atom is 0.142 e. The van der Waals surface area contributed by atoms with Crippen molar-refractivity contribution in [3.63, 3.8) is 0 Å². The molecule has 0 aliphatic heterocycles. The van der Waals surface area contributed by atoms with Crippen LogP contribution in [-0.2, 0) is 0 Å². The van der Waals surface area contributed by atoms with Crippen molar-refractivity contribution >= 4 is 32.9 Å². The highest BCUT2D eigenvalue weighted by Gasteiger charge is 2.16. The van der Waals surface area contributed by atoms with Crippen LogP contribution in [0.25, 0.3) is 30.5 Å². The van der Waals surface area contributed by atoms with E-state index in [4.69, 9.17) is 14.2 Å². The molecule has 0 bridgehead atoms. The zero-order chi connectivity index (χ0) is 21.1. The molecule has 30 heavy (non-hydrogen) atoms. The van der Waals surface area contributed by atoms with Crippen LogP contribution in [0.3, 0.4) is 0 Å². The number of unbranched alkanes of at least 4 members (excludes halogenated alkanes) is 1. The van der Waals surface area contributed by atoms with Crippen LogP contribution in [0.1, 0.15) is 51.0 Å². The Kier molecular flexibility index (Phi) is 6.54. The molecule has 3 heterocycles. The number of ether oxygens (including phenoxy) is 1. The number of thiophene rings is 1.